The molecule has 3 aliphatic carbocycles. The Balaban J connectivity index is 1.23. The highest BCUT2D eigenvalue weighted by molar-refractivity contribution is 6.00. The van der Waals surface area contributed by atoms with Crippen LogP contribution < -0.4 is 10.1 Å². The first-order valence-electron chi connectivity index (χ1n) is 18.0. The monoisotopic (exact) mass is 731 g/mol. The number of fused-ring (bicyclic) bond motifs is 3. The number of hydrogen-bond donors (Lipinski definition) is 2. The number of nitrogens with zero attached hydrogens (tertiary/aromatic N) is 4. The lowest BCUT2D eigenvalue weighted by molar-refractivity contribution is -0.146. The molecule has 2 aromatic heterocycles. The highest BCUT2D eigenvalue weighted by Gasteiger charge is 2.56. The largest absolute Gasteiger partial charge is 0.490 e. The summed E-state index contributed by atoms with van der Waals surface area (Å²) in [6.45, 7) is 4.61. The van der Waals surface area contributed by atoms with E-state index in [4.69, 9.17) is 4.74 Å². The smallest absolute Gasteiger partial charge is 0.434 e. The van der Waals surface area contributed by atoms with E-state index in [9.17, 15) is 41.4 Å². The van der Waals surface area contributed by atoms with Crippen LogP contribution in [0.15, 0.2) is 30.6 Å². The fourth-order valence-corrected chi connectivity index (χ4v) is 9.14. The summed E-state index contributed by atoms with van der Waals surface area (Å²) in [4.78, 5) is 47.8. The number of carboxylic acids is 1. The fraction of sp³-hybridized carbons (Fsp3) is 0.595. The van der Waals surface area contributed by atoms with E-state index in [-0.39, 0.29) is 73.4 Å². The average molecular weight is 732 g/mol. The van der Waals surface area contributed by atoms with Crippen molar-refractivity contribution in [3.63, 3.8) is 0 Å². The molecule has 4 fully saturated rings. The van der Waals surface area contributed by atoms with Crippen molar-refractivity contribution in [3.05, 3.63) is 41.9 Å². The maximum Gasteiger partial charge on any atom is 0.434 e. The van der Waals surface area contributed by atoms with E-state index in [1.165, 1.54) is 6.92 Å². The van der Waals surface area contributed by atoms with E-state index in [0.717, 1.165) is 12.6 Å². The summed E-state index contributed by atoms with van der Waals surface area (Å²) in [5.41, 5.74) is -3.31. The number of carbonyl (C=O) groups is 3. The topological polar surface area (TPSA) is 127 Å². The predicted octanol–water partition coefficient (Wildman–Crippen LogP) is 7.27. The van der Waals surface area contributed by atoms with Gasteiger partial charge in [0.2, 0.25) is 11.8 Å². The predicted molar refractivity (Wildman–Crippen MR) is 179 cm³/mol. The van der Waals surface area contributed by atoms with Crippen molar-refractivity contribution in [2.75, 3.05) is 13.1 Å². The number of carboxylic acid groups (broad SMARTS) is 1. The molecule has 52 heavy (non-hydrogen) atoms. The van der Waals surface area contributed by atoms with Crippen molar-refractivity contribution in [2.24, 2.45) is 17.8 Å². The summed E-state index contributed by atoms with van der Waals surface area (Å²) >= 11 is 0. The van der Waals surface area contributed by atoms with Gasteiger partial charge >= 0.3 is 12.1 Å². The molecule has 1 aromatic carbocycles. The molecule has 4 atom stereocenters. The summed E-state index contributed by atoms with van der Waals surface area (Å²) in [7, 11) is 0. The van der Waals surface area contributed by atoms with E-state index in [1.54, 1.807) is 33.9 Å². The van der Waals surface area contributed by atoms with Gasteiger partial charge in [-0.25, -0.2) is 23.5 Å². The van der Waals surface area contributed by atoms with Crippen molar-refractivity contribution in [2.45, 2.75) is 108 Å². The standard InChI is InChI=1S/C37H42F5N5O5/c1-20-13-22-15-23(14-20)36(17-22,34(50)51)45-33(49)28-18-43-32(44-31(28)37(40,41)42)29-19-47(24-5-9-35(38,39)10-6-24)30-16-26(3-4-27(29)30)52-25-7-11-46(12-8-25)21(2)48/h3-4,16,18-20,22-25H,5-15,17H2,1-2H3,(H,45,49)(H,50,51). The highest BCUT2D eigenvalue weighted by Crippen LogP contribution is 2.51. The number of piperidine rings is 1. The van der Waals surface area contributed by atoms with Gasteiger partial charge in [0.1, 0.15) is 17.4 Å². The molecule has 10 nitrogen and oxygen atoms in total. The number of alkyl halides is 5. The summed E-state index contributed by atoms with van der Waals surface area (Å²) < 4.78 is 80.4. The van der Waals surface area contributed by atoms with Crippen LogP contribution in [0.25, 0.3) is 22.3 Å². The van der Waals surface area contributed by atoms with Gasteiger partial charge in [0.25, 0.3) is 5.91 Å². The maximum atomic E-state index is 14.7. The van der Waals surface area contributed by atoms with Crippen LogP contribution in [0.2, 0.25) is 0 Å². The van der Waals surface area contributed by atoms with Crippen molar-refractivity contribution in [3.8, 4) is 17.1 Å². The Kier molecular flexibility index (Phi) is 9.21. The van der Waals surface area contributed by atoms with Crippen LogP contribution in [-0.4, -0.2) is 73.0 Å². The maximum absolute atomic E-state index is 14.7. The number of halogens is 5. The molecule has 1 saturated heterocycles. The Morgan fingerprint density at radius 2 is 1.75 bits per heavy atom. The molecule has 3 saturated carbocycles. The molecule has 0 radical (unpaired) electrons. The first-order valence-corrected chi connectivity index (χ1v) is 18.0. The lowest BCUT2D eigenvalue weighted by atomic mass is 9.78. The van der Waals surface area contributed by atoms with Gasteiger partial charge < -0.3 is 24.6 Å². The van der Waals surface area contributed by atoms with E-state index in [0.29, 0.717) is 55.4 Å². The number of benzene rings is 1. The molecule has 2 bridgehead atoms. The molecular weight excluding hydrogens is 689 g/mol. The third kappa shape index (κ3) is 6.82. The zero-order valence-corrected chi connectivity index (χ0v) is 29.0. The van der Waals surface area contributed by atoms with E-state index < -0.39 is 46.7 Å². The van der Waals surface area contributed by atoms with Crippen LogP contribution in [-0.2, 0) is 15.8 Å². The Bertz CT molecular complexity index is 1880. The second-order valence-electron chi connectivity index (χ2n) is 15.3. The van der Waals surface area contributed by atoms with Gasteiger partial charge in [-0.2, -0.15) is 13.2 Å². The zero-order chi connectivity index (χ0) is 37.2. The quantitative estimate of drug-likeness (QED) is 0.245. The van der Waals surface area contributed by atoms with Gasteiger partial charge in [-0.1, -0.05) is 6.92 Å². The van der Waals surface area contributed by atoms with Gasteiger partial charge in [0.15, 0.2) is 11.5 Å². The molecule has 7 rings (SSSR count). The van der Waals surface area contributed by atoms with E-state index in [1.807, 2.05) is 6.92 Å². The van der Waals surface area contributed by atoms with Gasteiger partial charge in [-0.05, 0) is 68.4 Å². The first kappa shape index (κ1) is 36.1. The molecule has 0 spiro atoms. The van der Waals surface area contributed by atoms with Crippen LogP contribution in [0, 0.1) is 17.8 Å². The number of hydrogen-bond acceptors (Lipinski definition) is 6. The Morgan fingerprint density at radius 3 is 2.40 bits per heavy atom. The summed E-state index contributed by atoms with van der Waals surface area (Å²) in [6.07, 6.45) is -0.0211. The molecule has 2 N–H and O–H groups in total. The second kappa shape index (κ2) is 13.3. The minimum Gasteiger partial charge on any atom is -0.490 e. The van der Waals surface area contributed by atoms with Crippen LogP contribution in [0.1, 0.15) is 100 Å². The molecular formula is C37H42F5N5O5. The Hall–Kier alpha value is -4.30. The zero-order valence-electron chi connectivity index (χ0n) is 29.0. The number of nitrogens with one attached hydrogen (secondary N) is 1. The fourth-order valence-electron chi connectivity index (χ4n) is 9.14. The lowest BCUT2D eigenvalue weighted by Crippen LogP contribution is -2.57. The Morgan fingerprint density at radius 1 is 1.04 bits per heavy atom. The van der Waals surface area contributed by atoms with Gasteiger partial charge in [0.05, 0.1) is 11.1 Å². The third-order valence-electron chi connectivity index (χ3n) is 11.7. The molecule has 2 amide bonds. The molecule has 3 heterocycles. The van der Waals surface area contributed by atoms with Crippen LogP contribution in [0.5, 0.6) is 5.75 Å². The van der Waals surface area contributed by atoms with Gasteiger partial charge in [-0.15, -0.1) is 0 Å². The number of likely N-dealkylation sites (tertiary alicyclic amines) is 1. The number of aromatic nitrogens is 3. The van der Waals surface area contributed by atoms with Crippen LogP contribution in [0.4, 0.5) is 22.0 Å². The van der Waals surface area contributed by atoms with Crippen LogP contribution in [0.3, 0.4) is 0 Å². The normalized spacial score (nSPS) is 26.8. The number of rotatable bonds is 7. The van der Waals surface area contributed by atoms with Crippen LogP contribution >= 0.6 is 0 Å². The number of aliphatic carboxylic acids is 1. The summed E-state index contributed by atoms with van der Waals surface area (Å²) in [5.74, 6) is -5.26. The molecule has 15 heteroatoms. The van der Waals surface area contributed by atoms with E-state index >= 15 is 0 Å². The average Bonchev–Trinajstić information content (AvgIpc) is 3.58. The third-order valence-corrected chi connectivity index (χ3v) is 11.7. The minimum absolute atomic E-state index is 0.0114. The van der Waals surface area contributed by atoms with Crippen molar-refractivity contribution in [1.82, 2.24) is 24.8 Å². The van der Waals surface area contributed by atoms with Crippen molar-refractivity contribution < 1.29 is 46.2 Å². The molecule has 4 aliphatic rings. The molecule has 4 unspecified atom stereocenters. The Labute approximate surface area is 297 Å². The van der Waals surface area contributed by atoms with E-state index in [2.05, 4.69) is 15.3 Å². The van der Waals surface area contributed by atoms with Gasteiger partial charge in [-0.3, -0.25) is 9.59 Å². The second-order valence-corrected chi connectivity index (χ2v) is 15.3. The number of amides is 2. The highest BCUT2D eigenvalue weighted by atomic mass is 19.4. The number of carbonyl (C=O) groups excluding carboxylic acids is 2. The summed E-state index contributed by atoms with van der Waals surface area (Å²) in [6, 6.07) is 4.71. The first-order chi connectivity index (χ1) is 24.5. The van der Waals surface area contributed by atoms with Crippen molar-refractivity contribution >= 4 is 28.7 Å². The SMILES string of the molecule is CC(=O)N1CCC(Oc2ccc3c(-c4ncc(C(=O)NC5(C(=O)O)CC6CC(C)CC5C6)c(C(F)(F)F)n4)cn(C4CCC(F)(F)CC4)c3c2)CC1. The molecule has 280 valence electrons. The summed E-state index contributed by atoms with van der Waals surface area (Å²) in [5, 5.41) is 13.2. The molecule has 3 aromatic rings. The number of ether oxygens (including phenoxy) is 1. The minimum atomic E-state index is -5.09. The molecule has 1 aliphatic heterocycles. The lowest BCUT2D eigenvalue weighted by Gasteiger charge is -2.33. The van der Waals surface area contributed by atoms with Gasteiger partial charge in [0, 0.05) is 81.1 Å². The van der Waals surface area contributed by atoms with Crippen molar-refractivity contribution in [1.29, 1.82) is 0 Å².